The van der Waals surface area contributed by atoms with E-state index in [1.165, 1.54) is 11.1 Å². The van der Waals surface area contributed by atoms with Crippen LogP contribution in [0.4, 0.5) is 5.82 Å². The molecule has 2 aromatic heterocycles. The molecule has 9 heteroatoms. The van der Waals surface area contributed by atoms with Crippen molar-refractivity contribution in [3.05, 3.63) is 58.4 Å². The van der Waals surface area contributed by atoms with Gasteiger partial charge in [-0.05, 0) is 77.8 Å². The van der Waals surface area contributed by atoms with Crippen LogP contribution in [0.3, 0.4) is 0 Å². The Morgan fingerprint density at radius 2 is 1.83 bits per heavy atom. The molecule has 0 saturated carbocycles. The minimum Gasteiger partial charge on any atom is -0.479 e. The molecule has 3 aliphatic heterocycles. The Morgan fingerprint density at radius 3 is 2.54 bits per heavy atom. The number of aliphatic carboxylic acids is 1. The van der Waals surface area contributed by atoms with Gasteiger partial charge in [0.15, 0.2) is 11.8 Å². The lowest BCUT2D eigenvalue weighted by Gasteiger charge is -2.41. The minimum atomic E-state index is -1.19. The molecule has 3 aliphatic rings. The van der Waals surface area contributed by atoms with Gasteiger partial charge in [0.25, 0.3) is 0 Å². The van der Waals surface area contributed by atoms with Crippen molar-refractivity contribution >= 4 is 17.4 Å². The number of piperidine rings is 1. The second-order valence-electron chi connectivity index (χ2n) is 12.6. The number of aromatic nitrogens is 3. The zero-order chi connectivity index (χ0) is 29.2. The molecule has 1 saturated heterocycles. The summed E-state index contributed by atoms with van der Waals surface area (Å²) in [5, 5.41) is 15.2. The largest absolute Gasteiger partial charge is 0.479 e. The number of aryl methyl sites for hydroxylation is 2. The van der Waals surface area contributed by atoms with Gasteiger partial charge >= 0.3 is 5.97 Å². The summed E-state index contributed by atoms with van der Waals surface area (Å²) in [5.41, 5.74) is 4.21. The highest BCUT2D eigenvalue weighted by Gasteiger charge is 2.37. The van der Waals surface area contributed by atoms with E-state index in [0.717, 1.165) is 56.6 Å². The van der Waals surface area contributed by atoms with Gasteiger partial charge in [0, 0.05) is 31.5 Å². The summed E-state index contributed by atoms with van der Waals surface area (Å²) in [4.78, 5) is 19.7. The molecule has 222 valence electrons. The SMILES string of the molecule is Cc1nc2cc3nn2c(c1[C@H](OC(C)(C)C)C(=O)O)N1CCC(C)(CC1)OCCCCCc1ccccc1COC3. The first-order chi connectivity index (χ1) is 19.5. The lowest BCUT2D eigenvalue weighted by atomic mass is 9.92. The topological polar surface area (TPSA) is 98.4 Å². The number of rotatable bonds is 3. The number of hydrogen-bond acceptors (Lipinski definition) is 7. The number of anilines is 1. The van der Waals surface area contributed by atoms with Crippen LogP contribution in [0, 0.1) is 6.92 Å². The molecule has 0 radical (unpaired) electrons. The van der Waals surface area contributed by atoms with Gasteiger partial charge in [0.2, 0.25) is 0 Å². The fraction of sp³-hybridized carbons (Fsp3) is 0.594. The van der Waals surface area contributed by atoms with E-state index in [9.17, 15) is 9.90 Å². The average Bonchev–Trinajstić information content (AvgIpc) is 3.31. The monoisotopic (exact) mass is 564 g/mol. The van der Waals surface area contributed by atoms with Gasteiger partial charge in [0.1, 0.15) is 5.82 Å². The molecule has 1 atom stereocenters. The molecule has 6 rings (SSSR count). The molecule has 0 amide bonds. The van der Waals surface area contributed by atoms with Crippen molar-refractivity contribution in [1.29, 1.82) is 0 Å². The van der Waals surface area contributed by atoms with Gasteiger partial charge < -0.3 is 24.2 Å². The molecule has 0 aliphatic carbocycles. The van der Waals surface area contributed by atoms with Crippen molar-refractivity contribution < 1.29 is 24.1 Å². The summed E-state index contributed by atoms with van der Waals surface area (Å²) < 4.78 is 20.5. The highest BCUT2D eigenvalue weighted by Crippen LogP contribution is 2.38. The molecule has 4 bridgehead atoms. The summed E-state index contributed by atoms with van der Waals surface area (Å²) in [5.74, 6) is -0.323. The molecule has 9 nitrogen and oxygen atoms in total. The Hall–Kier alpha value is -3.01. The van der Waals surface area contributed by atoms with E-state index in [1.54, 1.807) is 4.52 Å². The maximum atomic E-state index is 12.6. The number of nitrogens with zero attached hydrogens (tertiary/aromatic N) is 4. The van der Waals surface area contributed by atoms with Crippen LogP contribution in [0.5, 0.6) is 0 Å². The molecule has 41 heavy (non-hydrogen) atoms. The van der Waals surface area contributed by atoms with Crippen LogP contribution < -0.4 is 4.90 Å². The normalized spacial score (nSPS) is 19.4. The number of carboxylic acid groups (broad SMARTS) is 1. The van der Waals surface area contributed by atoms with Gasteiger partial charge in [-0.15, -0.1) is 0 Å². The van der Waals surface area contributed by atoms with Crippen molar-refractivity contribution in [2.45, 2.75) is 104 Å². The summed E-state index contributed by atoms with van der Waals surface area (Å²) in [6.07, 6.45) is 4.77. The van der Waals surface area contributed by atoms with Crippen LogP contribution in [-0.4, -0.2) is 56.6 Å². The zero-order valence-corrected chi connectivity index (χ0v) is 25.1. The van der Waals surface area contributed by atoms with Crippen molar-refractivity contribution in [3.8, 4) is 0 Å². The number of carboxylic acids is 1. The molecule has 1 aromatic carbocycles. The van der Waals surface area contributed by atoms with Crippen molar-refractivity contribution in [3.63, 3.8) is 0 Å². The maximum absolute atomic E-state index is 12.6. The molecule has 0 spiro atoms. The van der Waals surface area contributed by atoms with E-state index < -0.39 is 17.7 Å². The smallest absolute Gasteiger partial charge is 0.337 e. The van der Waals surface area contributed by atoms with E-state index in [4.69, 9.17) is 24.3 Å². The first kappa shape index (κ1) is 29.5. The predicted molar refractivity (Wildman–Crippen MR) is 157 cm³/mol. The lowest BCUT2D eigenvalue weighted by Crippen LogP contribution is -2.46. The van der Waals surface area contributed by atoms with Crippen molar-refractivity contribution in [2.75, 3.05) is 24.6 Å². The third-order valence-electron chi connectivity index (χ3n) is 8.10. The van der Waals surface area contributed by atoms with Gasteiger partial charge in [-0.3, -0.25) is 0 Å². The third-order valence-corrected chi connectivity index (χ3v) is 8.10. The van der Waals surface area contributed by atoms with Gasteiger partial charge in [-0.2, -0.15) is 9.61 Å². The second-order valence-corrected chi connectivity index (χ2v) is 12.6. The molecular weight excluding hydrogens is 520 g/mol. The fourth-order valence-corrected chi connectivity index (χ4v) is 5.89. The summed E-state index contributed by atoms with van der Waals surface area (Å²) in [6, 6.07) is 10.4. The summed E-state index contributed by atoms with van der Waals surface area (Å²) in [7, 11) is 0. The Morgan fingerprint density at radius 1 is 1.10 bits per heavy atom. The predicted octanol–water partition coefficient (Wildman–Crippen LogP) is 5.80. The summed E-state index contributed by atoms with van der Waals surface area (Å²) >= 11 is 0. The standard InChI is InChI=1S/C32H44N4O5/c1-22-27(28(30(37)38)41-31(2,3)4)29-35-16-14-32(5,15-17-35)40-18-10-6-7-11-23-12-8-9-13-24(23)20-39-21-25-19-26(33-22)36(29)34-25/h8-9,12-13,19,28H,6-7,10-11,14-18,20-21H2,1-5H3,(H,37,38)/t28-/m0/s1. The Labute approximate surface area is 242 Å². The Balaban J connectivity index is 1.56. The highest BCUT2D eigenvalue weighted by molar-refractivity contribution is 5.78. The number of hydrogen-bond donors (Lipinski definition) is 1. The Bertz CT molecular complexity index is 1370. The van der Waals surface area contributed by atoms with E-state index in [-0.39, 0.29) is 5.60 Å². The molecule has 0 unspecified atom stereocenters. The number of fused-ring (bicyclic) bond motifs is 9. The molecule has 1 N–H and O–H groups in total. The van der Waals surface area contributed by atoms with Crippen LogP contribution in [0.25, 0.3) is 5.65 Å². The number of carbonyl (C=O) groups is 1. The number of benzene rings is 1. The molecule has 3 aromatic rings. The quantitative estimate of drug-likeness (QED) is 0.426. The van der Waals surface area contributed by atoms with Crippen LogP contribution in [0.15, 0.2) is 30.3 Å². The van der Waals surface area contributed by atoms with Gasteiger partial charge in [-0.25, -0.2) is 9.78 Å². The van der Waals surface area contributed by atoms with E-state index in [2.05, 4.69) is 36.1 Å². The van der Waals surface area contributed by atoms with E-state index in [0.29, 0.717) is 43.2 Å². The van der Waals surface area contributed by atoms with E-state index >= 15 is 0 Å². The number of ether oxygens (including phenoxy) is 3. The fourth-order valence-electron chi connectivity index (χ4n) is 5.89. The second kappa shape index (κ2) is 12.1. The highest BCUT2D eigenvalue weighted by atomic mass is 16.5. The molecular formula is C32H44N4O5. The zero-order valence-electron chi connectivity index (χ0n) is 25.1. The lowest BCUT2D eigenvalue weighted by molar-refractivity contribution is -0.160. The Kier molecular flexibility index (Phi) is 8.68. The van der Waals surface area contributed by atoms with Crippen LogP contribution in [-0.2, 0) is 38.6 Å². The maximum Gasteiger partial charge on any atom is 0.337 e. The molecule has 5 heterocycles. The van der Waals surface area contributed by atoms with Gasteiger partial charge in [0.05, 0.1) is 35.7 Å². The first-order valence-corrected chi connectivity index (χ1v) is 14.9. The van der Waals surface area contributed by atoms with Crippen LogP contribution in [0.2, 0.25) is 0 Å². The van der Waals surface area contributed by atoms with Crippen molar-refractivity contribution in [2.24, 2.45) is 0 Å². The molecule has 1 fully saturated rings. The first-order valence-electron chi connectivity index (χ1n) is 14.9. The third kappa shape index (κ3) is 6.90. The van der Waals surface area contributed by atoms with Crippen molar-refractivity contribution in [1.82, 2.24) is 14.6 Å². The minimum absolute atomic E-state index is 0.218. The van der Waals surface area contributed by atoms with Gasteiger partial charge in [-0.1, -0.05) is 30.7 Å². The average molecular weight is 565 g/mol. The van der Waals surface area contributed by atoms with Crippen LogP contribution in [0.1, 0.15) is 94.0 Å². The summed E-state index contributed by atoms with van der Waals surface area (Å²) in [6.45, 7) is 12.7. The van der Waals surface area contributed by atoms with Crippen LogP contribution >= 0.6 is 0 Å². The van der Waals surface area contributed by atoms with E-state index in [1.807, 2.05) is 33.8 Å².